The molecule has 0 aromatic heterocycles. The summed E-state index contributed by atoms with van der Waals surface area (Å²) in [6, 6.07) is 13.6. The second-order valence-corrected chi connectivity index (χ2v) is 7.82. The van der Waals surface area contributed by atoms with Crippen LogP contribution in [0.3, 0.4) is 0 Å². The Hall–Kier alpha value is -1.85. The number of nitrogens with one attached hydrogen (secondary N) is 1. The van der Waals surface area contributed by atoms with Crippen LogP contribution in [-0.2, 0) is 21.1 Å². The van der Waals surface area contributed by atoms with Gasteiger partial charge in [-0.05, 0) is 48.4 Å². The lowest BCUT2D eigenvalue weighted by Crippen LogP contribution is -2.12. The van der Waals surface area contributed by atoms with Crippen molar-refractivity contribution in [1.29, 1.82) is 0 Å². The molecule has 6 heteroatoms. The molecular weight excluding hydrogens is 334 g/mol. The number of carbonyl (C=O) groups is 1. The Morgan fingerprint density at radius 3 is 2.22 bits per heavy atom. The monoisotopic (exact) mass is 351 g/mol. The van der Waals surface area contributed by atoms with E-state index in [2.05, 4.69) is 5.32 Å². The number of benzene rings is 2. The fraction of sp³-hybridized carbons (Fsp3) is 0.235. The third kappa shape index (κ3) is 5.08. The lowest BCUT2D eigenvalue weighted by Gasteiger charge is -2.07. The molecule has 1 amide bonds. The van der Waals surface area contributed by atoms with Crippen molar-refractivity contribution in [2.24, 2.45) is 0 Å². The minimum absolute atomic E-state index is 0.0554. The van der Waals surface area contributed by atoms with E-state index in [9.17, 15) is 13.2 Å². The molecule has 4 nitrogen and oxygen atoms in total. The number of hydrogen-bond acceptors (Lipinski definition) is 3. The summed E-state index contributed by atoms with van der Waals surface area (Å²) < 4.78 is 23.4. The van der Waals surface area contributed by atoms with Gasteiger partial charge in [-0.25, -0.2) is 8.42 Å². The van der Waals surface area contributed by atoms with Gasteiger partial charge in [0.1, 0.15) is 0 Å². The molecule has 0 bridgehead atoms. The summed E-state index contributed by atoms with van der Waals surface area (Å²) in [5.41, 5.74) is 1.62. The minimum Gasteiger partial charge on any atom is -0.326 e. The maximum Gasteiger partial charge on any atom is 0.224 e. The fourth-order valence-corrected chi connectivity index (χ4v) is 3.05. The molecule has 122 valence electrons. The first kappa shape index (κ1) is 17.5. The van der Waals surface area contributed by atoms with Gasteiger partial charge < -0.3 is 5.32 Å². The van der Waals surface area contributed by atoms with Crippen LogP contribution in [0.5, 0.6) is 0 Å². The van der Waals surface area contributed by atoms with Crippen molar-refractivity contribution in [3.05, 3.63) is 59.1 Å². The number of hydrogen-bond donors (Lipinski definition) is 1. The normalized spacial score (nSPS) is 11.2. The Kier molecular flexibility index (Phi) is 5.80. The maximum atomic E-state index is 11.9. The Labute approximate surface area is 141 Å². The summed E-state index contributed by atoms with van der Waals surface area (Å²) in [5.74, 6) is -0.0640. The highest BCUT2D eigenvalue weighted by molar-refractivity contribution is 7.91. The van der Waals surface area contributed by atoms with Gasteiger partial charge in [0.25, 0.3) is 0 Å². The molecule has 0 aliphatic rings. The predicted molar refractivity (Wildman–Crippen MR) is 92.6 cm³/mol. The van der Waals surface area contributed by atoms with Crippen molar-refractivity contribution < 1.29 is 13.2 Å². The summed E-state index contributed by atoms with van der Waals surface area (Å²) in [7, 11) is -3.22. The molecule has 23 heavy (non-hydrogen) atoms. The lowest BCUT2D eigenvalue weighted by atomic mass is 10.1. The van der Waals surface area contributed by atoms with Crippen LogP contribution in [-0.4, -0.2) is 20.1 Å². The van der Waals surface area contributed by atoms with Crippen molar-refractivity contribution >= 4 is 33.0 Å². The highest BCUT2D eigenvalue weighted by atomic mass is 35.5. The first-order valence-electron chi connectivity index (χ1n) is 7.28. The summed E-state index contributed by atoms with van der Waals surface area (Å²) in [6.45, 7) is 1.60. The number of amides is 1. The quantitative estimate of drug-likeness (QED) is 0.863. The van der Waals surface area contributed by atoms with Gasteiger partial charge in [0.15, 0.2) is 9.84 Å². The zero-order valence-electron chi connectivity index (χ0n) is 12.8. The fourth-order valence-electron chi connectivity index (χ4n) is 2.04. The molecule has 1 N–H and O–H groups in total. The Morgan fingerprint density at radius 2 is 1.65 bits per heavy atom. The number of anilines is 1. The largest absolute Gasteiger partial charge is 0.326 e. The highest BCUT2D eigenvalue weighted by Crippen LogP contribution is 2.16. The van der Waals surface area contributed by atoms with Crippen LogP contribution in [0.2, 0.25) is 5.02 Å². The molecule has 0 aliphatic carbocycles. The molecule has 0 heterocycles. The Balaban J connectivity index is 1.91. The first-order valence-corrected chi connectivity index (χ1v) is 9.31. The van der Waals surface area contributed by atoms with Crippen LogP contribution >= 0.6 is 11.6 Å². The highest BCUT2D eigenvalue weighted by Gasteiger charge is 2.11. The molecule has 0 spiro atoms. The molecule has 0 unspecified atom stereocenters. The number of aryl methyl sites for hydroxylation is 1. The third-order valence-corrected chi connectivity index (χ3v) is 5.43. The predicted octanol–water partition coefficient (Wildman–Crippen LogP) is 3.70. The molecule has 0 fully saturated rings. The zero-order chi connectivity index (χ0) is 16.9. The molecule has 2 rings (SSSR count). The second kappa shape index (κ2) is 7.62. The molecule has 0 saturated heterocycles. The van der Waals surface area contributed by atoms with Crippen LogP contribution < -0.4 is 5.32 Å². The molecule has 0 atom stereocenters. The van der Waals surface area contributed by atoms with Gasteiger partial charge in [-0.2, -0.15) is 0 Å². The van der Waals surface area contributed by atoms with E-state index in [0.29, 0.717) is 23.6 Å². The van der Waals surface area contributed by atoms with Crippen molar-refractivity contribution in [1.82, 2.24) is 0 Å². The molecular formula is C17H18ClNO3S. The molecule has 0 aliphatic heterocycles. The Bertz CT molecular complexity index is 768. The summed E-state index contributed by atoms with van der Waals surface area (Å²) in [6.07, 6.45) is 0.960. The van der Waals surface area contributed by atoms with Crippen LogP contribution in [0.4, 0.5) is 5.69 Å². The van der Waals surface area contributed by atoms with E-state index in [-0.39, 0.29) is 16.6 Å². The van der Waals surface area contributed by atoms with Gasteiger partial charge in [-0.1, -0.05) is 30.7 Å². The maximum absolute atomic E-state index is 11.9. The van der Waals surface area contributed by atoms with E-state index in [1.807, 2.05) is 12.1 Å². The topological polar surface area (TPSA) is 63.2 Å². The van der Waals surface area contributed by atoms with Gasteiger partial charge in [0, 0.05) is 17.1 Å². The van der Waals surface area contributed by atoms with Crippen LogP contribution in [0.15, 0.2) is 53.4 Å². The average molecular weight is 352 g/mol. The van der Waals surface area contributed by atoms with E-state index in [1.165, 1.54) is 12.1 Å². The summed E-state index contributed by atoms with van der Waals surface area (Å²) in [5, 5.41) is 3.43. The SMILES string of the molecule is CCS(=O)(=O)c1ccc(NC(=O)CCc2ccc(Cl)cc2)cc1. The standard InChI is InChI=1S/C17H18ClNO3S/c1-2-23(21,22)16-10-8-15(9-11-16)19-17(20)12-5-13-3-6-14(18)7-4-13/h3-4,6-11H,2,5,12H2,1H3,(H,19,20). The van der Waals surface area contributed by atoms with E-state index in [0.717, 1.165) is 5.56 Å². The smallest absolute Gasteiger partial charge is 0.224 e. The minimum atomic E-state index is -3.22. The zero-order valence-corrected chi connectivity index (χ0v) is 14.3. The summed E-state index contributed by atoms with van der Waals surface area (Å²) in [4.78, 5) is 12.2. The van der Waals surface area contributed by atoms with E-state index in [4.69, 9.17) is 11.6 Å². The third-order valence-electron chi connectivity index (χ3n) is 3.43. The van der Waals surface area contributed by atoms with Gasteiger partial charge in [0.05, 0.1) is 10.6 Å². The van der Waals surface area contributed by atoms with Gasteiger partial charge in [0.2, 0.25) is 5.91 Å². The molecule has 2 aromatic rings. The van der Waals surface area contributed by atoms with Gasteiger partial charge in [-0.3, -0.25) is 4.79 Å². The van der Waals surface area contributed by atoms with Crippen molar-refractivity contribution in [3.8, 4) is 0 Å². The Morgan fingerprint density at radius 1 is 1.04 bits per heavy atom. The molecule has 0 saturated carbocycles. The van der Waals surface area contributed by atoms with Crippen LogP contribution in [0.1, 0.15) is 18.9 Å². The lowest BCUT2D eigenvalue weighted by molar-refractivity contribution is -0.116. The summed E-state index contributed by atoms with van der Waals surface area (Å²) >= 11 is 5.81. The number of sulfone groups is 1. The van der Waals surface area contributed by atoms with E-state index in [1.54, 1.807) is 31.2 Å². The number of carbonyl (C=O) groups excluding carboxylic acids is 1. The van der Waals surface area contributed by atoms with E-state index < -0.39 is 9.84 Å². The molecule has 0 radical (unpaired) electrons. The van der Waals surface area contributed by atoms with Crippen LogP contribution in [0, 0.1) is 0 Å². The average Bonchev–Trinajstić information content (AvgIpc) is 2.55. The second-order valence-electron chi connectivity index (χ2n) is 5.10. The van der Waals surface area contributed by atoms with Crippen LogP contribution in [0.25, 0.3) is 0 Å². The van der Waals surface area contributed by atoms with Gasteiger partial charge >= 0.3 is 0 Å². The number of rotatable bonds is 6. The number of halogens is 1. The van der Waals surface area contributed by atoms with Crippen molar-refractivity contribution in [2.45, 2.75) is 24.7 Å². The van der Waals surface area contributed by atoms with Crippen molar-refractivity contribution in [3.63, 3.8) is 0 Å². The van der Waals surface area contributed by atoms with Crippen molar-refractivity contribution in [2.75, 3.05) is 11.1 Å². The molecule has 2 aromatic carbocycles. The van der Waals surface area contributed by atoms with Gasteiger partial charge in [-0.15, -0.1) is 0 Å². The van der Waals surface area contributed by atoms with E-state index >= 15 is 0 Å². The first-order chi connectivity index (χ1) is 10.9.